The first-order chi connectivity index (χ1) is 5.74. The van der Waals surface area contributed by atoms with Crippen LogP contribution in [-0.4, -0.2) is 44.9 Å². The third kappa shape index (κ3) is 259. The standard InChI is InChI=1S/C4H10.C3H9N.C2H8N2.3B.H3N.3H2/c1-3-4-2;1-2-3-4;3-1-2-4;;;;;;;/h3-4H2,1-2H3;2-4H2,1H3;1-4H2;;;;1H3;3*1H/i;;;;;;;3*1+1. The van der Waals surface area contributed by atoms with Crippen molar-refractivity contribution in [2.45, 2.75) is 40.0 Å². The number of hydrogen-bond donors (Lipinski definition) is 4. The van der Waals surface area contributed by atoms with Gasteiger partial charge in [-0.05, 0) is 13.0 Å². The van der Waals surface area contributed by atoms with E-state index >= 15 is 0 Å². The molecule has 0 saturated carbocycles. The minimum absolute atomic E-state index is 0. The molecular weight excluding hydrogens is 197 g/mol. The van der Waals surface area contributed by atoms with Crippen molar-refractivity contribution in [3.05, 3.63) is 0 Å². The Labute approximate surface area is 113 Å². The molecule has 0 rings (SSSR count). The Kier molecular flexibility index (Phi) is 226. The van der Waals surface area contributed by atoms with Crippen LogP contribution in [0.1, 0.15) is 44.3 Å². The van der Waals surface area contributed by atoms with E-state index in [1.165, 1.54) is 12.8 Å². The minimum atomic E-state index is 0. The fourth-order valence-corrected chi connectivity index (χ4v) is 0. The molecule has 9 N–H and O–H groups in total. The maximum Gasteiger partial charge on any atom is 0.00461 e. The summed E-state index contributed by atoms with van der Waals surface area (Å²) < 4.78 is 0. The molecule has 0 aliphatic heterocycles. The molecule has 0 amide bonds. The predicted molar refractivity (Wildman–Crippen MR) is 86.7 cm³/mol. The summed E-state index contributed by atoms with van der Waals surface area (Å²) in [6, 6.07) is 0. The zero-order valence-electron chi connectivity index (χ0n) is 11.4. The van der Waals surface area contributed by atoms with Gasteiger partial charge < -0.3 is 23.4 Å². The first-order valence-corrected chi connectivity index (χ1v) is 4.85. The van der Waals surface area contributed by atoms with Crippen LogP contribution >= 0.6 is 0 Å². The van der Waals surface area contributed by atoms with E-state index < -0.39 is 0 Å². The fraction of sp³-hybridized carbons (Fsp3) is 1.00. The van der Waals surface area contributed by atoms with Crippen LogP contribution in [0.5, 0.6) is 0 Å². The van der Waals surface area contributed by atoms with Gasteiger partial charge in [-0.2, -0.15) is 0 Å². The van der Waals surface area contributed by atoms with Gasteiger partial charge in [-0.3, -0.25) is 0 Å². The lowest BCUT2D eigenvalue weighted by Crippen LogP contribution is -2.11. The van der Waals surface area contributed by atoms with Gasteiger partial charge in [0.2, 0.25) is 0 Å². The lowest BCUT2D eigenvalue weighted by atomic mass is 10.4. The zero-order chi connectivity index (χ0) is 10.2. The molecule has 7 heteroatoms. The second kappa shape index (κ2) is 81.3. The average molecular weight is 236 g/mol. The Balaban J connectivity index is -0.00000000675. The quantitative estimate of drug-likeness (QED) is 0.543. The van der Waals surface area contributed by atoms with Crippen LogP contribution in [0.25, 0.3) is 0 Å². The molecular formula is C9H36B3N4. The van der Waals surface area contributed by atoms with Crippen LogP contribution in [0.15, 0.2) is 0 Å². The summed E-state index contributed by atoms with van der Waals surface area (Å²) in [7, 11) is 0. The van der Waals surface area contributed by atoms with Gasteiger partial charge in [-0.25, -0.2) is 0 Å². The zero-order valence-corrected chi connectivity index (χ0v) is 11.4. The molecule has 0 fully saturated rings. The molecule has 0 saturated heterocycles. The molecule has 0 bridgehead atoms. The summed E-state index contributed by atoms with van der Waals surface area (Å²) in [5, 5.41) is 0. The maximum absolute atomic E-state index is 5.03. The number of rotatable bonds is 3. The molecule has 0 aromatic heterocycles. The molecule has 16 heavy (non-hydrogen) atoms. The van der Waals surface area contributed by atoms with Gasteiger partial charge in [0.25, 0.3) is 0 Å². The van der Waals surface area contributed by atoms with E-state index in [-0.39, 0.29) is 35.7 Å². The van der Waals surface area contributed by atoms with E-state index in [0.29, 0.717) is 13.1 Å². The minimum Gasteiger partial charge on any atom is -0.344 e. The average Bonchev–Trinajstić information content (AvgIpc) is 2.18. The Morgan fingerprint density at radius 3 is 0.812 bits per heavy atom. The lowest BCUT2D eigenvalue weighted by molar-refractivity contribution is 0.886. The van der Waals surface area contributed by atoms with Crippen molar-refractivity contribution in [2.24, 2.45) is 17.2 Å². The van der Waals surface area contributed by atoms with Crippen LogP contribution in [0.2, 0.25) is 0 Å². The third-order valence-electron chi connectivity index (χ3n) is 0.955. The van der Waals surface area contributed by atoms with Gasteiger partial charge in [0, 0.05) is 42.6 Å². The number of hydrogen-bond acceptors (Lipinski definition) is 4. The highest BCUT2D eigenvalue weighted by atomic mass is 14.6. The van der Waals surface area contributed by atoms with Crippen molar-refractivity contribution in [1.82, 2.24) is 6.15 Å². The molecule has 0 unspecified atom stereocenters. The first-order valence-electron chi connectivity index (χ1n) is 4.85. The summed E-state index contributed by atoms with van der Waals surface area (Å²) in [4.78, 5) is 0. The van der Waals surface area contributed by atoms with Crippen molar-refractivity contribution < 1.29 is 4.28 Å². The molecule has 0 aromatic rings. The van der Waals surface area contributed by atoms with Crippen LogP contribution in [-0.2, 0) is 0 Å². The van der Waals surface area contributed by atoms with Gasteiger partial charge >= 0.3 is 0 Å². The summed E-state index contributed by atoms with van der Waals surface area (Å²) in [6.07, 6.45) is 3.74. The molecule has 4 nitrogen and oxygen atoms in total. The van der Waals surface area contributed by atoms with Gasteiger partial charge in [-0.1, -0.05) is 33.6 Å². The van der Waals surface area contributed by atoms with Crippen LogP contribution < -0.4 is 23.4 Å². The predicted octanol–water partition coefficient (Wildman–Crippen LogP) is 0.823. The Morgan fingerprint density at radius 2 is 0.812 bits per heavy atom. The van der Waals surface area contributed by atoms with E-state index in [1.807, 2.05) is 0 Å². The smallest absolute Gasteiger partial charge is 0.00461 e. The Bertz CT molecular complexity index is 50.2. The normalized spacial score (nSPS) is 5.62. The Morgan fingerprint density at radius 1 is 0.625 bits per heavy atom. The van der Waals surface area contributed by atoms with Crippen LogP contribution in [0.4, 0.5) is 0 Å². The molecule has 0 aliphatic carbocycles. The third-order valence-corrected chi connectivity index (χ3v) is 0.955. The highest BCUT2D eigenvalue weighted by Crippen LogP contribution is 1.76. The SMILES string of the molecule is CCCC.CCCN.N.NCCN.[2HH].[2HH].[2HH].[B].[B].[B]. The van der Waals surface area contributed by atoms with Gasteiger partial charge in [-0.15, -0.1) is 0 Å². The topological polar surface area (TPSA) is 113 Å². The van der Waals surface area contributed by atoms with E-state index in [0.717, 1.165) is 13.0 Å². The number of unbranched alkanes of at least 4 members (excludes halogenated alkanes) is 1. The summed E-state index contributed by atoms with van der Waals surface area (Å²) in [6.45, 7) is 8.43. The highest BCUT2D eigenvalue weighted by Gasteiger charge is 1.56. The van der Waals surface area contributed by atoms with Crippen molar-refractivity contribution in [2.75, 3.05) is 19.6 Å². The number of nitrogens with two attached hydrogens (primary N) is 3. The fourth-order valence-electron chi connectivity index (χ4n) is 0. The molecule has 0 spiro atoms. The monoisotopic (exact) mass is 236 g/mol. The van der Waals surface area contributed by atoms with E-state index in [1.54, 1.807) is 0 Å². The van der Waals surface area contributed by atoms with Crippen molar-refractivity contribution >= 4 is 25.2 Å². The molecule has 9 radical (unpaired) electrons. The van der Waals surface area contributed by atoms with Crippen molar-refractivity contribution in [3.8, 4) is 0 Å². The van der Waals surface area contributed by atoms with Crippen LogP contribution in [0, 0.1) is 0 Å². The second-order valence-electron chi connectivity index (χ2n) is 2.37. The molecule has 101 valence electrons. The maximum atomic E-state index is 5.03. The van der Waals surface area contributed by atoms with Crippen molar-refractivity contribution in [1.29, 1.82) is 0 Å². The van der Waals surface area contributed by atoms with Gasteiger partial charge in [0.05, 0.1) is 0 Å². The molecule has 0 aliphatic rings. The van der Waals surface area contributed by atoms with Gasteiger partial charge in [0.1, 0.15) is 0 Å². The van der Waals surface area contributed by atoms with E-state index in [9.17, 15) is 0 Å². The first kappa shape index (κ1) is 44.4. The highest BCUT2D eigenvalue weighted by molar-refractivity contribution is 5.76. The van der Waals surface area contributed by atoms with E-state index in [2.05, 4.69) is 20.8 Å². The van der Waals surface area contributed by atoms with Crippen molar-refractivity contribution in [3.63, 3.8) is 0 Å². The molecule has 0 aromatic carbocycles. The summed E-state index contributed by atoms with van der Waals surface area (Å²) in [5.41, 5.74) is 14.8. The Hall–Kier alpha value is 0.0348. The van der Waals surface area contributed by atoms with Gasteiger partial charge in [0.15, 0.2) is 0 Å². The van der Waals surface area contributed by atoms with Crippen LogP contribution in [0.3, 0.4) is 0 Å². The largest absolute Gasteiger partial charge is 0.344 e. The molecule has 0 atom stereocenters. The molecule has 0 heterocycles. The summed E-state index contributed by atoms with van der Waals surface area (Å²) >= 11 is 0. The lowest BCUT2D eigenvalue weighted by Gasteiger charge is -1.72. The second-order valence-corrected chi connectivity index (χ2v) is 2.37. The van der Waals surface area contributed by atoms with E-state index in [4.69, 9.17) is 17.2 Å². The summed E-state index contributed by atoms with van der Waals surface area (Å²) in [5.74, 6) is 0.